The molecule has 1 aliphatic rings. The van der Waals surface area contributed by atoms with E-state index in [0.717, 1.165) is 55.4 Å². The van der Waals surface area contributed by atoms with Crippen LogP contribution in [0.15, 0.2) is 42.6 Å². The molecule has 128 valence electrons. The van der Waals surface area contributed by atoms with Crippen LogP contribution in [0.25, 0.3) is 0 Å². The molecule has 24 heavy (non-hydrogen) atoms. The van der Waals surface area contributed by atoms with Gasteiger partial charge >= 0.3 is 0 Å². The van der Waals surface area contributed by atoms with Gasteiger partial charge in [0.05, 0.1) is 26.0 Å². The Balaban J connectivity index is 2.07. The molecule has 2 heterocycles. The summed E-state index contributed by atoms with van der Waals surface area (Å²) < 4.78 is 11.1. The van der Waals surface area contributed by atoms with E-state index in [1.807, 2.05) is 30.5 Å². The molecule has 0 aliphatic carbocycles. The van der Waals surface area contributed by atoms with Crippen LogP contribution in [0.3, 0.4) is 0 Å². The summed E-state index contributed by atoms with van der Waals surface area (Å²) in [5.74, 6) is 1.70. The molecule has 1 atom stereocenters. The van der Waals surface area contributed by atoms with Gasteiger partial charge in [0.2, 0.25) is 0 Å². The van der Waals surface area contributed by atoms with Gasteiger partial charge in [-0.15, -0.1) is 0 Å². The third kappa shape index (κ3) is 3.68. The first-order chi connectivity index (χ1) is 11.8. The van der Waals surface area contributed by atoms with E-state index in [1.54, 1.807) is 14.2 Å². The van der Waals surface area contributed by atoms with Gasteiger partial charge in [-0.25, -0.2) is 0 Å². The molecule has 1 aliphatic heterocycles. The van der Waals surface area contributed by atoms with Crippen molar-refractivity contribution in [1.82, 2.24) is 15.2 Å². The maximum atomic E-state index is 5.64. The summed E-state index contributed by atoms with van der Waals surface area (Å²) in [6.07, 6.45) is 2.97. The van der Waals surface area contributed by atoms with Gasteiger partial charge in [-0.05, 0) is 43.3 Å². The SMILES string of the molecule is COc1ccc(OC)c(C(c2ccccn2)N2CCCNCC2)c1. The van der Waals surface area contributed by atoms with Gasteiger partial charge in [-0.2, -0.15) is 0 Å². The van der Waals surface area contributed by atoms with Crippen LogP contribution in [0.4, 0.5) is 0 Å². The van der Waals surface area contributed by atoms with E-state index in [9.17, 15) is 0 Å². The number of nitrogens with one attached hydrogen (secondary N) is 1. The Morgan fingerprint density at radius 1 is 1.08 bits per heavy atom. The van der Waals surface area contributed by atoms with E-state index < -0.39 is 0 Å². The lowest BCUT2D eigenvalue weighted by molar-refractivity contribution is 0.232. The average Bonchev–Trinajstić information content (AvgIpc) is 2.92. The van der Waals surface area contributed by atoms with E-state index in [-0.39, 0.29) is 6.04 Å². The van der Waals surface area contributed by atoms with Crippen LogP contribution in [-0.2, 0) is 0 Å². The molecule has 1 saturated heterocycles. The predicted molar refractivity (Wildman–Crippen MR) is 94.7 cm³/mol. The van der Waals surface area contributed by atoms with E-state index in [1.165, 1.54) is 0 Å². The monoisotopic (exact) mass is 327 g/mol. The normalized spacial score (nSPS) is 17.1. The second kappa shape index (κ2) is 8.13. The van der Waals surface area contributed by atoms with E-state index in [0.29, 0.717) is 0 Å². The molecule has 1 fully saturated rings. The van der Waals surface area contributed by atoms with Crippen molar-refractivity contribution in [2.45, 2.75) is 12.5 Å². The maximum Gasteiger partial charge on any atom is 0.124 e. The first-order valence-electron chi connectivity index (χ1n) is 8.41. The van der Waals surface area contributed by atoms with E-state index in [2.05, 4.69) is 27.3 Å². The van der Waals surface area contributed by atoms with E-state index in [4.69, 9.17) is 9.47 Å². The second-order valence-electron chi connectivity index (χ2n) is 5.90. The molecule has 0 amide bonds. The highest BCUT2D eigenvalue weighted by atomic mass is 16.5. The van der Waals surface area contributed by atoms with Crippen molar-refractivity contribution >= 4 is 0 Å². The van der Waals surface area contributed by atoms with Gasteiger partial charge in [-0.3, -0.25) is 9.88 Å². The Morgan fingerprint density at radius 2 is 2.00 bits per heavy atom. The van der Waals surface area contributed by atoms with Crippen molar-refractivity contribution in [2.24, 2.45) is 0 Å². The van der Waals surface area contributed by atoms with Gasteiger partial charge in [-0.1, -0.05) is 6.07 Å². The summed E-state index contributed by atoms with van der Waals surface area (Å²) in [7, 11) is 3.40. The lowest BCUT2D eigenvalue weighted by atomic mass is 9.99. The largest absolute Gasteiger partial charge is 0.497 e. The van der Waals surface area contributed by atoms with Crippen LogP contribution >= 0.6 is 0 Å². The second-order valence-corrected chi connectivity index (χ2v) is 5.90. The molecule has 3 rings (SSSR count). The summed E-state index contributed by atoms with van der Waals surface area (Å²) >= 11 is 0. The van der Waals surface area contributed by atoms with Gasteiger partial charge in [0.25, 0.3) is 0 Å². The van der Waals surface area contributed by atoms with Crippen molar-refractivity contribution in [1.29, 1.82) is 0 Å². The van der Waals surface area contributed by atoms with Crippen LogP contribution in [0, 0.1) is 0 Å². The molecule has 0 spiro atoms. The lowest BCUT2D eigenvalue weighted by Crippen LogP contribution is -2.33. The quantitative estimate of drug-likeness (QED) is 0.914. The number of pyridine rings is 1. The molecule has 1 aromatic heterocycles. The Hall–Kier alpha value is -2.11. The zero-order chi connectivity index (χ0) is 16.8. The summed E-state index contributed by atoms with van der Waals surface area (Å²) in [5.41, 5.74) is 2.13. The summed E-state index contributed by atoms with van der Waals surface area (Å²) in [6, 6.07) is 12.1. The summed E-state index contributed by atoms with van der Waals surface area (Å²) in [4.78, 5) is 7.11. The number of nitrogens with zero attached hydrogens (tertiary/aromatic N) is 2. The number of methoxy groups -OCH3 is 2. The highest BCUT2D eigenvalue weighted by Gasteiger charge is 2.27. The van der Waals surface area contributed by atoms with Crippen molar-refractivity contribution in [2.75, 3.05) is 40.4 Å². The molecule has 0 radical (unpaired) electrons. The number of hydrogen-bond acceptors (Lipinski definition) is 5. The average molecular weight is 327 g/mol. The fourth-order valence-electron chi connectivity index (χ4n) is 3.26. The van der Waals surface area contributed by atoms with Crippen LogP contribution in [-0.4, -0.2) is 50.3 Å². The molecule has 0 bridgehead atoms. The minimum atomic E-state index is 0.0520. The minimum Gasteiger partial charge on any atom is -0.497 e. The van der Waals surface area contributed by atoms with Crippen LogP contribution in [0.2, 0.25) is 0 Å². The highest BCUT2D eigenvalue weighted by molar-refractivity contribution is 5.45. The topological polar surface area (TPSA) is 46.6 Å². The van der Waals surface area contributed by atoms with Gasteiger partial charge in [0.1, 0.15) is 11.5 Å². The molecular formula is C19H25N3O2. The van der Waals surface area contributed by atoms with Crippen LogP contribution in [0.5, 0.6) is 11.5 Å². The van der Waals surface area contributed by atoms with Crippen molar-refractivity contribution in [3.8, 4) is 11.5 Å². The minimum absolute atomic E-state index is 0.0520. The van der Waals surface area contributed by atoms with Crippen LogP contribution < -0.4 is 14.8 Å². The fourth-order valence-corrected chi connectivity index (χ4v) is 3.26. The predicted octanol–water partition coefficient (Wildman–Crippen LogP) is 2.48. The molecular weight excluding hydrogens is 302 g/mol. The standard InChI is InChI=1S/C19H25N3O2/c1-23-15-7-8-18(24-2)16(14-15)19(17-6-3-4-10-21-17)22-12-5-9-20-11-13-22/h3-4,6-8,10,14,19-20H,5,9,11-13H2,1-2H3. The molecule has 5 heteroatoms. The van der Waals surface area contributed by atoms with E-state index >= 15 is 0 Å². The van der Waals surface area contributed by atoms with Gasteiger partial charge in [0, 0.05) is 31.4 Å². The molecule has 1 unspecified atom stereocenters. The Bertz CT molecular complexity index is 640. The first kappa shape index (κ1) is 16.7. The Kier molecular flexibility index (Phi) is 5.67. The van der Waals surface area contributed by atoms with Crippen molar-refractivity contribution in [3.05, 3.63) is 53.9 Å². The van der Waals surface area contributed by atoms with Crippen LogP contribution in [0.1, 0.15) is 23.7 Å². The highest BCUT2D eigenvalue weighted by Crippen LogP contribution is 2.36. The third-order valence-electron chi connectivity index (χ3n) is 4.44. The van der Waals surface area contributed by atoms with Crippen molar-refractivity contribution in [3.63, 3.8) is 0 Å². The number of rotatable bonds is 5. The van der Waals surface area contributed by atoms with Gasteiger partial charge in [0.15, 0.2) is 0 Å². The fraction of sp³-hybridized carbons (Fsp3) is 0.421. The number of benzene rings is 1. The summed E-state index contributed by atoms with van der Waals surface area (Å²) in [5, 5.41) is 3.47. The molecule has 5 nitrogen and oxygen atoms in total. The molecule has 1 N–H and O–H groups in total. The lowest BCUT2D eigenvalue weighted by Gasteiger charge is -2.31. The number of aromatic nitrogens is 1. The molecule has 1 aromatic carbocycles. The number of hydrogen-bond donors (Lipinski definition) is 1. The number of ether oxygens (including phenoxy) is 2. The van der Waals surface area contributed by atoms with Crippen molar-refractivity contribution < 1.29 is 9.47 Å². The summed E-state index contributed by atoms with van der Waals surface area (Å²) in [6.45, 7) is 4.03. The first-order valence-corrected chi connectivity index (χ1v) is 8.41. The molecule has 0 saturated carbocycles. The molecule has 2 aromatic rings. The zero-order valence-electron chi connectivity index (χ0n) is 14.4. The smallest absolute Gasteiger partial charge is 0.124 e. The third-order valence-corrected chi connectivity index (χ3v) is 4.44. The Morgan fingerprint density at radius 3 is 2.75 bits per heavy atom. The maximum absolute atomic E-state index is 5.64. The van der Waals surface area contributed by atoms with Gasteiger partial charge < -0.3 is 14.8 Å². The Labute approximate surface area is 143 Å². The zero-order valence-corrected chi connectivity index (χ0v) is 14.4.